The number of nitrogens with two attached hydrogens (primary N) is 1. The zero-order valence-electron chi connectivity index (χ0n) is 10.7. The van der Waals surface area contributed by atoms with Crippen LogP contribution in [0.1, 0.15) is 40.5 Å². The molecule has 3 nitrogen and oxygen atoms in total. The van der Waals surface area contributed by atoms with Gasteiger partial charge in [0, 0.05) is 25.2 Å². The lowest BCUT2D eigenvalue weighted by molar-refractivity contribution is 0.0715. The van der Waals surface area contributed by atoms with E-state index in [-0.39, 0.29) is 12.6 Å². The maximum absolute atomic E-state index is 9.33. The minimum atomic E-state index is 0.122. The summed E-state index contributed by atoms with van der Waals surface area (Å²) in [6.07, 6.45) is 2.25. The fourth-order valence-electron chi connectivity index (χ4n) is 2.09. The molecular formula is C12H28N2O. The van der Waals surface area contributed by atoms with Crippen LogP contribution >= 0.6 is 0 Å². The molecule has 1 unspecified atom stereocenters. The van der Waals surface area contributed by atoms with Gasteiger partial charge in [-0.05, 0) is 18.8 Å². The Balaban J connectivity index is 4.52. The highest BCUT2D eigenvalue weighted by atomic mass is 16.3. The van der Waals surface area contributed by atoms with Crippen molar-refractivity contribution >= 4 is 0 Å². The molecule has 0 bridgehead atoms. The Kier molecular flexibility index (Phi) is 8.02. The molecule has 0 saturated heterocycles. The second kappa shape index (κ2) is 8.08. The molecule has 1 atom stereocenters. The quantitative estimate of drug-likeness (QED) is 0.646. The Morgan fingerprint density at radius 2 is 1.67 bits per heavy atom. The van der Waals surface area contributed by atoms with Crippen molar-refractivity contribution in [3.05, 3.63) is 0 Å². The first kappa shape index (κ1) is 14.9. The molecule has 0 aromatic carbocycles. The predicted octanol–water partition coefficient (Wildman–Crippen LogP) is 1.45. The SMILES string of the molecule is CCC(CC)N(CC(C)C)C(CN)CO. The van der Waals surface area contributed by atoms with Gasteiger partial charge in [0.15, 0.2) is 0 Å². The van der Waals surface area contributed by atoms with E-state index in [0.29, 0.717) is 18.5 Å². The first-order valence-corrected chi connectivity index (χ1v) is 6.17. The van der Waals surface area contributed by atoms with Crippen molar-refractivity contribution in [3.63, 3.8) is 0 Å². The lowest BCUT2D eigenvalue weighted by Crippen LogP contribution is -2.50. The van der Waals surface area contributed by atoms with Crippen LogP contribution in [0.2, 0.25) is 0 Å². The smallest absolute Gasteiger partial charge is 0.0599 e. The minimum absolute atomic E-state index is 0.122. The van der Waals surface area contributed by atoms with Crippen LogP contribution < -0.4 is 5.73 Å². The Morgan fingerprint density at radius 3 is 1.93 bits per heavy atom. The third-order valence-corrected chi connectivity index (χ3v) is 2.94. The molecule has 0 aliphatic carbocycles. The second-order valence-electron chi connectivity index (χ2n) is 4.63. The third kappa shape index (κ3) is 4.96. The largest absolute Gasteiger partial charge is 0.395 e. The summed E-state index contributed by atoms with van der Waals surface area (Å²) in [5.41, 5.74) is 5.71. The molecule has 0 spiro atoms. The van der Waals surface area contributed by atoms with Gasteiger partial charge in [0.2, 0.25) is 0 Å². The molecular weight excluding hydrogens is 188 g/mol. The van der Waals surface area contributed by atoms with Gasteiger partial charge in [0.1, 0.15) is 0 Å². The van der Waals surface area contributed by atoms with Crippen molar-refractivity contribution in [1.29, 1.82) is 0 Å². The van der Waals surface area contributed by atoms with Gasteiger partial charge in [-0.15, -0.1) is 0 Å². The van der Waals surface area contributed by atoms with E-state index in [9.17, 15) is 5.11 Å². The van der Waals surface area contributed by atoms with Gasteiger partial charge >= 0.3 is 0 Å². The Bertz CT molecular complexity index is 131. The Hall–Kier alpha value is -0.120. The summed E-state index contributed by atoms with van der Waals surface area (Å²) in [6.45, 7) is 10.5. The lowest BCUT2D eigenvalue weighted by atomic mass is 10.0. The third-order valence-electron chi connectivity index (χ3n) is 2.94. The van der Waals surface area contributed by atoms with Crippen molar-refractivity contribution in [3.8, 4) is 0 Å². The van der Waals surface area contributed by atoms with E-state index in [2.05, 4.69) is 32.6 Å². The number of aliphatic hydroxyl groups is 1. The van der Waals surface area contributed by atoms with E-state index in [1.807, 2.05) is 0 Å². The van der Waals surface area contributed by atoms with Gasteiger partial charge in [-0.25, -0.2) is 0 Å². The van der Waals surface area contributed by atoms with Crippen molar-refractivity contribution < 1.29 is 5.11 Å². The fourth-order valence-corrected chi connectivity index (χ4v) is 2.09. The van der Waals surface area contributed by atoms with Crippen molar-refractivity contribution in [2.24, 2.45) is 11.7 Å². The highest BCUT2D eigenvalue weighted by Crippen LogP contribution is 2.14. The van der Waals surface area contributed by atoms with Crippen molar-refractivity contribution in [2.45, 2.75) is 52.6 Å². The van der Waals surface area contributed by atoms with Crippen LogP contribution in [0.15, 0.2) is 0 Å². The minimum Gasteiger partial charge on any atom is -0.395 e. The molecule has 0 heterocycles. The number of rotatable bonds is 8. The molecule has 0 saturated carbocycles. The molecule has 0 radical (unpaired) electrons. The highest BCUT2D eigenvalue weighted by molar-refractivity contribution is 4.79. The molecule has 0 amide bonds. The molecule has 92 valence electrons. The summed E-state index contributed by atoms with van der Waals surface area (Å²) < 4.78 is 0. The van der Waals surface area contributed by atoms with Crippen LogP contribution in [-0.2, 0) is 0 Å². The standard InChI is InChI=1S/C12H28N2O/c1-5-11(6-2)14(8-10(3)4)12(7-13)9-15/h10-12,15H,5-9,13H2,1-4H3. The zero-order valence-corrected chi connectivity index (χ0v) is 10.7. The number of hydrogen-bond acceptors (Lipinski definition) is 3. The number of aliphatic hydroxyl groups excluding tert-OH is 1. The van der Waals surface area contributed by atoms with Gasteiger partial charge in [-0.3, -0.25) is 4.90 Å². The summed E-state index contributed by atoms with van der Waals surface area (Å²) in [7, 11) is 0. The van der Waals surface area contributed by atoms with Crippen LogP contribution in [0.3, 0.4) is 0 Å². The van der Waals surface area contributed by atoms with E-state index in [1.54, 1.807) is 0 Å². The lowest BCUT2D eigenvalue weighted by Gasteiger charge is -2.37. The van der Waals surface area contributed by atoms with Crippen molar-refractivity contribution in [1.82, 2.24) is 4.90 Å². The molecule has 3 heteroatoms. The summed E-state index contributed by atoms with van der Waals surface area (Å²) in [5.74, 6) is 0.617. The maximum Gasteiger partial charge on any atom is 0.0599 e. The van der Waals surface area contributed by atoms with Gasteiger partial charge < -0.3 is 10.8 Å². The normalized spacial score (nSPS) is 14.2. The second-order valence-corrected chi connectivity index (χ2v) is 4.63. The van der Waals surface area contributed by atoms with E-state index in [0.717, 1.165) is 19.4 Å². The monoisotopic (exact) mass is 216 g/mol. The molecule has 0 rings (SSSR count). The molecule has 0 fully saturated rings. The van der Waals surface area contributed by atoms with E-state index >= 15 is 0 Å². The Morgan fingerprint density at radius 1 is 1.13 bits per heavy atom. The topological polar surface area (TPSA) is 49.5 Å². The molecule has 0 aliphatic heterocycles. The zero-order chi connectivity index (χ0) is 11.8. The predicted molar refractivity (Wildman–Crippen MR) is 65.8 cm³/mol. The number of hydrogen-bond donors (Lipinski definition) is 2. The van der Waals surface area contributed by atoms with Gasteiger partial charge in [-0.2, -0.15) is 0 Å². The first-order valence-electron chi connectivity index (χ1n) is 6.17. The Labute approximate surface area is 94.6 Å². The molecule has 3 N–H and O–H groups in total. The van der Waals surface area contributed by atoms with Crippen LogP contribution in [0.4, 0.5) is 0 Å². The molecule has 0 aromatic rings. The van der Waals surface area contributed by atoms with E-state index in [1.165, 1.54) is 0 Å². The van der Waals surface area contributed by atoms with Crippen LogP contribution in [-0.4, -0.2) is 41.8 Å². The average molecular weight is 216 g/mol. The van der Waals surface area contributed by atoms with Crippen LogP contribution in [0, 0.1) is 5.92 Å². The van der Waals surface area contributed by atoms with Gasteiger partial charge in [0.05, 0.1) is 6.61 Å². The van der Waals surface area contributed by atoms with Crippen molar-refractivity contribution in [2.75, 3.05) is 19.7 Å². The average Bonchev–Trinajstić information content (AvgIpc) is 2.20. The number of nitrogens with zero attached hydrogens (tertiary/aromatic N) is 1. The van der Waals surface area contributed by atoms with Crippen LogP contribution in [0.5, 0.6) is 0 Å². The van der Waals surface area contributed by atoms with Gasteiger partial charge in [-0.1, -0.05) is 27.7 Å². The summed E-state index contributed by atoms with van der Waals surface area (Å²) in [5, 5.41) is 9.33. The highest BCUT2D eigenvalue weighted by Gasteiger charge is 2.23. The van der Waals surface area contributed by atoms with Crippen LogP contribution in [0.25, 0.3) is 0 Å². The summed E-state index contributed by atoms with van der Waals surface area (Å²) in [6, 6.07) is 0.672. The maximum atomic E-state index is 9.33. The van der Waals surface area contributed by atoms with E-state index in [4.69, 9.17) is 5.73 Å². The summed E-state index contributed by atoms with van der Waals surface area (Å²) >= 11 is 0. The molecule has 0 aliphatic rings. The summed E-state index contributed by atoms with van der Waals surface area (Å²) in [4.78, 5) is 2.38. The fraction of sp³-hybridized carbons (Fsp3) is 1.00. The van der Waals surface area contributed by atoms with E-state index < -0.39 is 0 Å². The molecule has 15 heavy (non-hydrogen) atoms. The first-order chi connectivity index (χ1) is 7.10. The van der Waals surface area contributed by atoms with Gasteiger partial charge in [0.25, 0.3) is 0 Å². The molecule has 0 aromatic heterocycles.